The van der Waals surface area contributed by atoms with E-state index in [2.05, 4.69) is 0 Å². The SMILES string of the molecule is CC(COc1ccccc1)OC(=S)N(C(=O)Oc1ccccc1)c1ccccc1. The van der Waals surface area contributed by atoms with Crippen LogP contribution in [0, 0.1) is 0 Å². The summed E-state index contributed by atoms with van der Waals surface area (Å²) in [4.78, 5) is 14.0. The van der Waals surface area contributed by atoms with Crippen LogP contribution in [0.4, 0.5) is 10.5 Å². The van der Waals surface area contributed by atoms with Crippen LogP contribution in [0.25, 0.3) is 0 Å². The van der Waals surface area contributed by atoms with E-state index in [1.807, 2.05) is 61.5 Å². The minimum Gasteiger partial charge on any atom is -0.490 e. The van der Waals surface area contributed by atoms with Crippen molar-refractivity contribution in [1.29, 1.82) is 0 Å². The van der Waals surface area contributed by atoms with E-state index in [4.69, 9.17) is 26.4 Å². The van der Waals surface area contributed by atoms with Crippen molar-refractivity contribution >= 4 is 29.2 Å². The summed E-state index contributed by atoms with van der Waals surface area (Å²) in [5.74, 6) is 1.15. The van der Waals surface area contributed by atoms with Crippen LogP contribution < -0.4 is 14.4 Å². The van der Waals surface area contributed by atoms with Gasteiger partial charge in [-0.15, -0.1) is 0 Å². The van der Waals surface area contributed by atoms with Crippen molar-refractivity contribution in [2.24, 2.45) is 0 Å². The molecule has 0 fully saturated rings. The second kappa shape index (κ2) is 10.2. The van der Waals surface area contributed by atoms with Crippen molar-refractivity contribution in [2.45, 2.75) is 13.0 Å². The van der Waals surface area contributed by atoms with Crippen molar-refractivity contribution in [3.8, 4) is 11.5 Å². The molecule has 0 N–H and O–H groups in total. The van der Waals surface area contributed by atoms with E-state index in [0.717, 1.165) is 5.75 Å². The Morgan fingerprint density at radius 1 is 0.862 bits per heavy atom. The molecule has 0 aliphatic heterocycles. The Balaban J connectivity index is 1.68. The Labute approximate surface area is 175 Å². The molecule has 3 aromatic carbocycles. The molecule has 1 atom stereocenters. The maximum absolute atomic E-state index is 12.8. The molecular formula is C23H21NO4S. The Kier molecular flexibility index (Phi) is 7.19. The molecule has 0 heterocycles. The van der Waals surface area contributed by atoms with Crippen LogP contribution in [0.2, 0.25) is 0 Å². The summed E-state index contributed by atoms with van der Waals surface area (Å²) in [5.41, 5.74) is 0.551. The van der Waals surface area contributed by atoms with Crippen LogP contribution in [-0.2, 0) is 4.74 Å². The number of benzene rings is 3. The van der Waals surface area contributed by atoms with E-state index in [1.54, 1.807) is 36.4 Å². The number of hydrogen-bond acceptors (Lipinski definition) is 5. The van der Waals surface area contributed by atoms with Crippen molar-refractivity contribution in [2.75, 3.05) is 11.5 Å². The topological polar surface area (TPSA) is 48.0 Å². The molecule has 0 aromatic heterocycles. The van der Waals surface area contributed by atoms with Gasteiger partial charge < -0.3 is 14.2 Å². The highest BCUT2D eigenvalue weighted by Crippen LogP contribution is 2.19. The fourth-order valence-corrected chi connectivity index (χ4v) is 2.83. The van der Waals surface area contributed by atoms with Crippen molar-refractivity contribution < 1.29 is 19.0 Å². The molecule has 0 saturated carbocycles. The fourth-order valence-electron chi connectivity index (χ4n) is 2.49. The molecule has 3 aromatic rings. The number of carbonyl (C=O) groups excluding carboxylic acids is 1. The molecule has 5 nitrogen and oxygen atoms in total. The van der Waals surface area contributed by atoms with Gasteiger partial charge in [0.05, 0.1) is 5.69 Å². The molecule has 6 heteroatoms. The number of carbonyl (C=O) groups is 1. The molecule has 0 radical (unpaired) electrons. The van der Waals surface area contributed by atoms with Crippen molar-refractivity contribution in [3.63, 3.8) is 0 Å². The predicted octanol–water partition coefficient (Wildman–Crippen LogP) is 5.46. The first kappa shape index (κ1) is 20.4. The summed E-state index contributed by atoms with van der Waals surface area (Å²) in [6.45, 7) is 2.10. The lowest BCUT2D eigenvalue weighted by Crippen LogP contribution is -2.41. The van der Waals surface area contributed by atoms with Crippen LogP contribution >= 0.6 is 12.2 Å². The van der Waals surface area contributed by atoms with Gasteiger partial charge in [-0.3, -0.25) is 0 Å². The van der Waals surface area contributed by atoms with Crippen LogP contribution in [0.5, 0.6) is 11.5 Å². The smallest absolute Gasteiger partial charge is 0.427 e. The average molecular weight is 407 g/mol. The summed E-state index contributed by atoms with van der Waals surface area (Å²) < 4.78 is 16.9. The minimum atomic E-state index is -0.649. The second-order valence-corrected chi connectivity index (χ2v) is 6.52. The van der Waals surface area contributed by atoms with Gasteiger partial charge in [-0.2, -0.15) is 0 Å². The van der Waals surface area contributed by atoms with Gasteiger partial charge in [0.1, 0.15) is 24.2 Å². The summed E-state index contributed by atoms with van der Waals surface area (Å²) in [7, 11) is 0. The predicted molar refractivity (Wildman–Crippen MR) is 116 cm³/mol. The van der Waals surface area contributed by atoms with Gasteiger partial charge in [0.25, 0.3) is 5.17 Å². The molecule has 1 unspecified atom stereocenters. The summed E-state index contributed by atoms with van der Waals surface area (Å²) in [6.07, 6.45) is -1.03. The van der Waals surface area contributed by atoms with E-state index in [1.165, 1.54) is 4.90 Å². The van der Waals surface area contributed by atoms with Gasteiger partial charge in [-0.1, -0.05) is 54.6 Å². The largest absolute Gasteiger partial charge is 0.490 e. The molecule has 29 heavy (non-hydrogen) atoms. The molecule has 3 rings (SSSR count). The fraction of sp³-hybridized carbons (Fsp3) is 0.130. The number of ether oxygens (including phenoxy) is 3. The Hall–Kier alpha value is -3.38. The zero-order valence-electron chi connectivity index (χ0n) is 15.9. The highest BCUT2D eigenvalue weighted by atomic mass is 32.1. The Morgan fingerprint density at radius 3 is 1.97 bits per heavy atom. The molecule has 0 bridgehead atoms. The number of hydrogen-bond donors (Lipinski definition) is 0. The molecule has 148 valence electrons. The summed E-state index contributed by atoms with van der Waals surface area (Å²) >= 11 is 5.40. The zero-order chi connectivity index (χ0) is 20.5. The molecule has 0 aliphatic carbocycles. The number of amides is 1. The van der Waals surface area contributed by atoms with Crippen LogP contribution in [-0.4, -0.2) is 24.0 Å². The number of anilines is 1. The van der Waals surface area contributed by atoms with Gasteiger partial charge in [0.15, 0.2) is 0 Å². The molecule has 0 saturated heterocycles. The van der Waals surface area contributed by atoms with E-state index in [-0.39, 0.29) is 17.9 Å². The van der Waals surface area contributed by atoms with Gasteiger partial charge >= 0.3 is 6.09 Å². The normalized spacial score (nSPS) is 11.2. The number of nitrogens with zero attached hydrogens (tertiary/aromatic N) is 1. The maximum atomic E-state index is 12.8. The monoisotopic (exact) mass is 407 g/mol. The first-order valence-electron chi connectivity index (χ1n) is 9.14. The quantitative estimate of drug-likeness (QED) is 0.508. The standard InChI is InChI=1S/C23H21NO4S/c1-18(17-26-20-13-7-3-8-14-20)27-23(29)24(19-11-5-2-6-12-19)22(25)28-21-15-9-4-10-16-21/h2-16,18H,17H2,1H3. The van der Waals surface area contributed by atoms with E-state index in [0.29, 0.717) is 11.4 Å². The van der Waals surface area contributed by atoms with Gasteiger partial charge in [0.2, 0.25) is 0 Å². The van der Waals surface area contributed by atoms with E-state index >= 15 is 0 Å². The molecule has 0 aliphatic rings. The first-order valence-corrected chi connectivity index (χ1v) is 9.55. The third-order valence-electron chi connectivity index (χ3n) is 3.86. The lowest BCUT2D eigenvalue weighted by atomic mass is 10.3. The van der Waals surface area contributed by atoms with E-state index < -0.39 is 6.09 Å². The highest BCUT2D eigenvalue weighted by Gasteiger charge is 2.25. The van der Waals surface area contributed by atoms with Crippen molar-refractivity contribution in [1.82, 2.24) is 0 Å². The second-order valence-electron chi connectivity index (χ2n) is 6.17. The number of thiocarbonyl (C=S) groups is 1. The van der Waals surface area contributed by atoms with Crippen LogP contribution in [0.1, 0.15) is 6.92 Å². The highest BCUT2D eigenvalue weighted by molar-refractivity contribution is 7.80. The van der Waals surface area contributed by atoms with Crippen molar-refractivity contribution in [3.05, 3.63) is 91.0 Å². The Morgan fingerprint density at radius 2 is 1.38 bits per heavy atom. The molecule has 1 amide bonds. The van der Waals surface area contributed by atoms with Gasteiger partial charge in [-0.05, 0) is 55.5 Å². The maximum Gasteiger partial charge on any atom is 0.427 e. The number of para-hydroxylation sites is 3. The van der Waals surface area contributed by atoms with E-state index in [9.17, 15) is 4.79 Å². The zero-order valence-corrected chi connectivity index (χ0v) is 16.7. The third kappa shape index (κ3) is 6.05. The summed E-state index contributed by atoms with van der Waals surface area (Å²) in [5, 5.41) is -0.0127. The van der Waals surface area contributed by atoms with Gasteiger partial charge in [-0.25, -0.2) is 9.69 Å². The minimum absolute atomic E-state index is 0.0127. The Bertz CT molecular complexity index is 919. The molecular weight excluding hydrogens is 386 g/mol. The lowest BCUT2D eigenvalue weighted by Gasteiger charge is -2.25. The third-order valence-corrected chi connectivity index (χ3v) is 4.14. The lowest BCUT2D eigenvalue weighted by molar-refractivity contribution is 0.133. The van der Waals surface area contributed by atoms with Crippen LogP contribution in [0.15, 0.2) is 91.0 Å². The number of rotatable bonds is 6. The first-order chi connectivity index (χ1) is 14.1. The van der Waals surface area contributed by atoms with Gasteiger partial charge in [0, 0.05) is 0 Å². The average Bonchev–Trinajstić information content (AvgIpc) is 2.74. The molecule has 0 spiro atoms. The summed E-state index contributed by atoms with van der Waals surface area (Å²) in [6, 6.07) is 27.2. The van der Waals surface area contributed by atoms with Crippen LogP contribution in [0.3, 0.4) is 0 Å².